The third-order valence-corrected chi connectivity index (χ3v) is 6.77. The van der Waals surface area contributed by atoms with Gasteiger partial charge in [0.1, 0.15) is 11.8 Å². The fourth-order valence-corrected chi connectivity index (χ4v) is 4.93. The van der Waals surface area contributed by atoms with Gasteiger partial charge in [-0.3, -0.25) is 9.59 Å². The number of carbonyl (C=O) groups excluding carboxylic acids is 2. The van der Waals surface area contributed by atoms with Crippen molar-refractivity contribution in [3.05, 3.63) is 64.7 Å². The number of hydrogen-bond acceptors (Lipinski definition) is 3. The van der Waals surface area contributed by atoms with E-state index in [0.29, 0.717) is 38.2 Å². The van der Waals surface area contributed by atoms with Crippen molar-refractivity contribution in [1.29, 1.82) is 0 Å². The predicted octanol–water partition coefficient (Wildman–Crippen LogP) is 3.27. The molecule has 0 aromatic heterocycles. The maximum atomic E-state index is 13.5. The number of benzene rings is 2. The van der Waals surface area contributed by atoms with Crippen LogP contribution in [0.5, 0.6) is 5.75 Å². The molecule has 5 nitrogen and oxygen atoms in total. The lowest BCUT2D eigenvalue weighted by atomic mass is 9.86. The molecule has 0 radical (unpaired) electrons. The summed E-state index contributed by atoms with van der Waals surface area (Å²) < 4.78 is 0. The number of phenolic OH excluding ortho intramolecular Hbond substituents is 1. The van der Waals surface area contributed by atoms with Gasteiger partial charge in [-0.05, 0) is 55.0 Å². The van der Waals surface area contributed by atoms with Crippen LogP contribution < -0.4 is 0 Å². The number of amides is 2. The quantitative estimate of drug-likeness (QED) is 0.875. The first kappa shape index (κ1) is 18.2. The van der Waals surface area contributed by atoms with Gasteiger partial charge in [0.25, 0.3) is 0 Å². The first-order valence-electron chi connectivity index (χ1n) is 10.4. The molecule has 5 heteroatoms. The second kappa shape index (κ2) is 6.61. The maximum absolute atomic E-state index is 13.5. The summed E-state index contributed by atoms with van der Waals surface area (Å²) in [7, 11) is 0. The number of likely N-dealkylation sites (tertiary alicyclic amines) is 1. The molecule has 5 rings (SSSR count). The van der Waals surface area contributed by atoms with E-state index in [1.807, 2.05) is 48.2 Å². The maximum Gasteiger partial charge on any atom is 0.245 e. The van der Waals surface area contributed by atoms with Crippen LogP contribution in [0.25, 0.3) is 0 Å². The molecular weight excluding hydrogens is 364 g/mol. The number of carbonyl (C=O) groups is 2. The lowest BCUT2D eigenvalue weighted by Crippen LogP contribution is -2.50. The Hall–Kier alpha value is -2.82. The smallest absolute Gasteiger partial charge is 0.245 e. The molecule has 2 aromatic carbocycles. The summed E-state index contributed by atoms with van der Waals surface area (Å²) in [6, 6.07) is 13.3. The van der Waals surface area contributed by atoms with E-state index in [1.54, 1.807) is 11.0 Å². The molecule has 0 bridgehead atoms. The Morgan fingerprint density at radius 3 is 2.66 bits per heavy atom. The molecule has 1 spiro atoms. The molecule has 1 atom stereocenters. The van der Waals surface area contributed by atoms with Crippen LogP contribution in [0.2, 0.25) is 0 Å². The molecule has 2 aromatic rings. The zero-order valence-corrected chi connectivity index (χ0v) is 16.7. The molecule has 1 N–H and O–H groups in total. The zero-order valence-electron chi connectivity index (χ0n) is 16.7. The van der Waals surface area contributed by atoms with Gasteiger partial charge < -0.3 is 14.9 Å². The van der Waals surface area contributed by atoms with Crippen LogP contribution in [0.4, 0.5) is 0 Å². The molecule has 2 amide bonds. The van der Waals surface area contributed by atoms with Gasteiger partial charge in [0.15, 0.2) is 0 Å². The van der Waals surface area contributed by atoms with E-state index in [4.69, 9.17) is 0 Å². The molecule has 3 aliphatic rings. The number of phenols is 1. The lowest BCUT2D eigenvalue weighted by Gasteiger charge is -2.38. The van der Waals surface area contributed by atoms with E-state index in [0.717, 1.165) is 24.0 Å². The Balaban J connectivity index is 1.37. The van der Waals surface area contributed by atoms with Crippen molar-refractivity contribution in [3.63, 3.8) is 0 Å². The van der Waals surface area contributed by atoms with Crippen LogP contribution in [-0.2, 0) is 28.1 Å². The monoisotopic (exact) mass is 390 g/mol. The van der Waals surface area contributed by atoms with Crippen LogP contribution in [0.1, 0.15) is 47.9 Å². The summed E-state index contributed by atoms with van der Waals surface area (Å²) >= 11 is 0. The minimum atomic E-state index is -0.377. The number of nitrogens with zero attached hydrogens (tertiary/aromatic N) is 2. The Labute approximate surface area is 170 Å². The van der Waals surface area contributed by atoms with Crippen molar-refractivity contribution in [2.24, 2.45) is 0 Å². The zero-order chi connectivity index (χ0) is 20.2. The molecular formula is C24H26N2O3. The molecule has 150 valence electrons. The number of aromatic hydroxyl groups is 1. The van der Waals surface area contributed by atoms with Crippen LogP contribution >= 0.6 is 0 Å². The van der Waals surface area contributed by atoms with Gasteiger partial charge in [-0.15, -0.1) is 0 Å². The van der Waals surface area contributed by atoms with E-state index in [2.05, 4.69) is 0 Å². The Bertz CT molecular complexity index is 978. The van der Waals surface area contributed by atoms with Crippen LogP contribution in [-0.4, -0.2) is 39.3 Å². The van der Waals surface area contributed by atoms with Crippen molar-refractivity contribution in [3.8, 4) is 5.75 Å². The van der Waals surface area contributed by atoms with Gasteiger partial charge in [-0.1, -0.05) is 35.9 Å². The Kier molecular flexibility index (Phi) is 4.16. The Morgan fingerprint density at radius 2 is 1.93 bits per heavy atom. The second-order valence-electron chi connectivity index (χ2n) is 8.88. The summed E-state index contributed by atoms with van der Waals surface area (Å²) in [5.41, 5.74) is 4.55. The van der Waals surface area contributed by atoms with Gasteiger partial charge in [-0.2, -0.15) is 0 Å². The Morgan fingerprint density at radius 1 is 1.17 bits per heavy atom. The first-order chi connectivity index (χ1) is 13.9. The van der Waals surface area contributed by atoms with E-state index in [1.165, 1.54) is 11.1 Å². The summed E-state index contributed by atoms with van der Waals surface area (Å²) in [5.74, 6) is 0.417. The van der Waals surface area contributed by atoms with Gasteiger partial charge in [0, 0.05) is 31.5 Å². The average molecular weight is 390 g/mol. The fourth-order valence-electron chi connectivity index (χ4n) is 4.93. The molecule has 2 aliphatic heterocycles. The lowest BCUT2D eigenvalue weighted by molar-refractivity contribution is -0.142. The standard InChI is InChI=1S/C24H26N2O3/c1-16-2-4-17(5-3-16)13-26-21(8-9-22(26)28)23(29)25-14-18-6-7-19(27)12-20(18)24(15-25)10-11-24/h2-7,12,21,27H,8-11,13-15H2,1H3. The molecule has 2 fully saturated rings. The average Bonchev–Trinajstić information content (AvgIpc) is 3.39. The van der Waals surface area contributed by atoms with Crippen LogP contribution in [0.3, 0.4) is 0 Å². The topological polar surface area (TPSA) is 60.9 Å². The van der Waals surface area contributed by atoms with Crippen molar-refractivity contribution in [2.75, 3.05) is 6.54 Å². The summed E-state index contributed by atoms with van der Waals surface area (Å²) in [6.45, 7) is 3.77. The van der Waals surface area contributed by atoms with Crippen LogP contribution in [0, 0.1) is 6.92 Å². The van der Waals surface area contributed by atoms with Crippen molar-refractivity contribution in [1.82, 2.24) is 9.80 Å². The molecule has 1 unspecified atom stereocenters. The van der Waals surface area contributed by atoms with Gasteiger partial charge in [0.05, 0.1) is 0 Å². The minimum absolute atomic E-state index is 0.00756. The minimum Gasteiger partial charge on any atom is -0.508 e. The molecule has 1 saturated heterocycles. The highest BCUT2D eigenvalue weighted by Gasteiger charge is 2.51. The highest BCUT2D eigenvalue weighted by atomic mass is 16.3. The summed E-state index contributed by atoms with van der Waals surface area (Å²) in [4.78, 5) is 29.7. The van der Waals surface area contributed by atoms with Gasteiger partial charge >= 0.3 is 0 Å². The summed E-state index contributed by atoms with van der Waals surface area (Å²) in [6.07, 6.45) is 3.12. The molecule has 1 aliphatic carbocycles. The first-order valence-corrected chi connectivity index (χ1v) is 10.4. The predicted molar refractivity (Wildman–Crippen MR) is 109 cm³/mol. The SMILES string of the molecule is Cc1ccc(CN2C(=O)CCC2C(=O)N2Cc3ccc(O)cc3C3(CC3)C2)cc1. The van der Waals surface area contributed by atoms with Crippen molar-refractivity contribution in [2.45, 2.75) is 57.2 Å². The second-order valence-corrected chi connectivity index (χ2v) is 8.88. The van der Waals surface area contributed by atoms with E-state index >= 15 is 0 Å². The van der Waals surface area contributed by atoms with Gasteiger partial charge in [-0.25, -0.2) is 0 Å². The number of rotatable bonds is 3. The summed E-state index contributed by atoms with van der Waals surface area (Å²) in [5, 5.41) is 9.89. The highest BCUT2D eigenvalue weighted by molar-refractivity contribution is 5.91. The third kappa shape index (κ3) is 3.18. The number of aryl methyl sites for hydroxylation is 1. The normalized spacial score (nSPS) is 22.1. The number of hydrogen-bond donors (Lipinski definition) is 1. The van der Waals surface area contributed by atoms with E-state index < -0.39 is 0 Å². The fraction of sp³-hybridized carbons (Fsp3) is 0.417. The molecule has 2 heterocycles. The van der Waals surface area contributed by atoms with Crippen molar-refractivity contribution >= 4 is 11.8 Å². The van der Waals surface area contributed by atoms with Gasteiger partial charge in [0.2, 0.25) is 11.8 Å². The van der Waals surface area contributed by atoms with E-state index in [-0.39, 0.29) is 23.3 Å². The van der Waals surface area contributed by atoms with Crippen LogP contribution in [0.15, 0.2) is 42.5 Å². The van der Waals surface area contributed by atoms with E-state index in [9.17, 15) is 14.7 Å². The molecule has 29 heavy (non-hydrogen) atoms. The third-order valence-electron chi connectivity index (χ3n) is 6.77. The molecule has 1 saturated carbocycles. The number of fused-ring (bicyclic) bond motifs is 2. The largest absolute Gasteiger partial charge is 0.508 e. The highest BCUT2D eigenvalue weighted by Crippen LogP contribution is 2.53. The van der Waals surface area contributed by atoms with Crippen molar-refractivity contribution < 1.29 is 14.7 Å².